The van der Waals surface area contributed by atoms with Crippen LogP contribution in [0.2, 0.25) is 0 Å². The van der Waals surface area contributed by atoms with E-state index in [-0.39, 0.29) is 6.04 Å². The lowest BCUT2D eigenvalue weighted by molar-refractivity contribution is 0.126. The molecule has 5 nitrogen and oxygen atoms in total. The van der Waals surface area contributed by atoms with Crippen LogP contribution in [0.4, 0.5) is 0 Å². The van der Waals surface area contributed by atoms with Crippen molar-refractivity contribution in [3.05, 3.63) is 0 Å². The Labute approximate surface area is 116 Å². The Hall–Kier alpha value is -0.810. The van der Waals surface area contributed by atoms with Crippen molar-refractivity contribution in [2.75, 3.05) is 26.8 Å². The molecule has 2 aliphatic rings. The number of rotatable bonds is 3. The first-order valence-corrected chi connectivity index (χ1v) is 7.53. The van der Waals surface area contributed by atoms with Crippen LogP contribution < -0.4 is 11.3 Å². The van der Waals surface area contributed by atoms with Gasteiger partial charge in [-0.05, 0) is 31.6 Å². The number of guanidine groups is 1. The number of hydrogen-bond donors (Lipinski definition) is 2. The second kappa shape index (κ2) is 7.10. The summed E-state index contributed by atoms with van der Waals surface area (Å²) in [6, 6.07) is 0.139. The number of ether oxygens (including phenoxy) is 1. The minimum Gasteiger partial charge on any atom is -0.382 e. The largest absolute Gasteiger partial charge is 0.382 e. The first-order valence-electron chi connectivity index (χ1n) is 7.53. The lowest BCUT2D eigenvalue weighted by Gasteiger charge is -2.42. The molecule has 0 aromatic carbocycles. The molecule has 1 heterocycles. The Morgan fingerprint density at radius 1 is 1.37 bits per heavy atom. The maximum absolute atomic E-state index is 5.65. The topological polar surface area (TPSA) is 62.9 Å². The predicted octanol–water partition coefficient (Wildman–Crippen LogP) is 1.35. The molecule has 0 amide bonds. The van der Waals surface area contributed by atoms with Crippen LogP contribution in [0, 0.1) is 11.8 Å². The van der Waals surface area contributed by atoms with Crippen LogP contribution in [0.5, 0.6) is 0 Å². The first-order chi connectivity index (χ1) is 9.24. The third kappa shape index (κ3) is 3.83. The fourth-order valence-corrected chi connectivity index (χ4v) is 3.49. The molecule has 5 heteroatoms. The van der Waals surface area contributed by atoms with Crippen LogP contribution in [0.1, 0.15) is 39.0 Å². The highest BCUT2D eigenvalue weighted by atomic mass is 16.5. The van der Waals surface area contributed by atoms with Crippen molar-refractivity contribution in [3.8, 4) is 0 Å². The first kappa shape index (κ1) is 14.6. The van der Waals surface area contributed by atoms with Gasteiger partial charge in [0.05, 0.1) is 12.6 Å². The van der Waals surface area contributed by atoms with Gasteiger partial charge in [-0.15, -0.1) is 0 Å². The monoisotopic (exact) mass is 268 g/mol. The summed E-state index contributed by atoms with van der Waals surface area (Å²) in [5.41, 5.74) is 2.78. The lowest BCUT2D eigenvalue weighted by Crippen LogP contribution is -2.51. The molecular formula is C14H28N4O. The molecular weight excluding hydrogens is 240 g/mol. The van der Waals surface area contributed by atoms with E-state index in [1.54, 1.807) is 7.11 Å². The Bertz CT molecular complexity index is 308. The molecule has 19 heavy (non-hydrogen) atoms. The standard InChI is InChI=1S/C14H28N4O/c1-11(10-19-2)16-14(17-15)18-8-7-12-5-3-4-6-13(12)9-18/h11-13H,3-10,15H2,1-2H3,(H,16,17). The van der Waals surface area contributed by atoms with Gasteiger partial charge in [0.15, 0.2) is 0 Å². The molecule has 0 spiro atoms. The van der Waals surface area contributed by atoms with Gasteiger partial charge in [-0.2, -0.15) is 0 Å². The number of nitrogens with zero attached hydrogens (tertiary/aromatic N) is 2. The summed E-state index contributed by atoms with van der Waals surface area (Å²) < 4.78 is 5.13. The summed E-state index contributed by atoms with van der Waals surface area (Å²) in [5.74, 6) is 8.24. The quantitative estimate of drug-likeness (QED) is 0.351. The molecule has 0 aromatic heterocycles. The molecule has 0 aromatic rings. The average molecular weight is 268 g/mol. The maximum Gasteiger partial charge on any atom is 0.208 e. The zero-order valence-corrected chi connectivity index (χ0v) is 12.3. The number of piperidine rings is 1. The summed E-state index contributed by atoms with van der Waals surface area (Å²) >= 11 is 0. The smallest absolute Gasteiger partial charge is 0.208 e. The van der Waals surface area contributed by atoms with Crippen LogP contribution in [0.3, 0.4) is 0 Å². The minimum atomic E-state index is 0.139. The van der Waals surface area contributed by atoms with Crippen LogP contribution >= 0.6 is 0 Å². The SMILES string of the molecule is COCC(C)N=C(NN)N1CCC2CCCCC2C1. The number of hydrogen-bond acceptors (Lipinski definition) is 3. The fourth-order valence-electron chi connectivity index (χ4n) is 3.49. The molecule has 1 saturated heterocycles. The number of nitrogens with one attached hydrogen (secondary N) is 1. The molecule has 3 atom stereocenters. The number of likely N-dealkylation sites (tertiary alicyclic amines) is 1. The molecule has 3 N–H and O–H groups in total. The average Bonchev–Trinajstić information content (AvgIpc) is 2.44. The number of aliphatic imine (C=N–C) groups is 1. The Kier molecular flexibility index (Phi) is 5.45. The zero-order valence-electron chi connectivity index (χ0n) is 12.3. The van der Waals surface area contributed by atoms with E-state index in [4.69, 9.17) is 10.6 Å². The maximum atomic E-state index is 5.65. The second-order valence-corrected chi connectivity index (χ2v) is 5.94. The van der Waals surface area contributed by atoms with Crippen molar-refractivity contribution in [1.82, 2.24) is 10.3 Å². The number of fused-ring (bicyclic) bond motifs is 1. The Morgan fingerprint density at radius 3 is 2.79 bits per heavy atom. The van der Waals surface area contributed by atoms with E-state index in [1.807, 2.05) is 6.92 Å². The van der Waals surface area contributed by atoms with Crippen molar-refractivity contribution >= 4 is 5.96 Å². The molecule has 1 aliphatic carbocycles. The van der Waals surface area contributed by atoms with Crippen LogP contribution in [0.15, 0.2) is 4.99 Å². The molecule has 110 valence electrons. The summed E-state index contributed by atoms with van der Waals surface area (Å²) in [7, 11) is 1.70. The van der Waals surface area contributed by atoms with E-state index >= 15 is 0 Å². The van der Waals surface area contributed by atoms with E-state index < -0.39 is 0 Å². The molecule has 2 fully saturated rings. The fraction of sp³-hybridized carbons (Fsp3) is 0.929. The zero-order chi connectivity index (χ0) is 13.7. The highest BCUT2D eigenvalue weighted by molar-refractivity contribution is 5.79. The van der Waals surface area contributed by atoms with Crippen molar-refractivity contribution in [1.29, 1.82) is 0 Å². The van der Waals surface area contributed by atoms with Crippen LogP contribution in [0.25, 0.3) is 0 Å². The van der Waals surface area contributed by atoms with Gasteiger partial charge in [0.25, 0.3) is 0 Å². The second-order valence-electron chi connectivity index (χ2n) is 5.94. The van der Waals surface area contributed by atoms with Crippen LogP contribution in [-0.2, 0) is 4.74 Å². The van der Waals surface area contributed by atoms with E-state index in [0.29, 0.717) is 6.61 Å². The highest BCUT2D eigenvalue weighted by Crippen LogP contribution is 2.35. The van der Waals surface area contributed by atoms with Crippen molar-refractivity contribution in [3.63, 3.8) is 0 Å². The lowest BCUT2D eigenvalue weighted by atomic mass is 9.75. The predicted molar refractivity (Wildman–Crippen MR) is 77.7 cm³/mol. The van der Waals surface area contributed by atoms with E-state index in [1.165, 1.54) is 32.1 Å². The van der Waals surface area contributed by atoms with Crippen molar-refractivity contribution < 1.29 is 4.74 Å². The summed E-state index contributed by atoms with van der Waals surface area (Å²) in [4.78, 5) is 6.95. The number of hydrazine groups is 1. The highest BCUT2D eigenvalue weighted by Gasteiger charge is 2.32. The summed E-state index contributed by atoms with van der Waals surface area (Å²) in [6.45, 7) is 4.86. The van der Waals surface area contributed by atoms with Gasteiger partial charge in [-0.25, -0.2) is 10.8 Å². The van der Waals surface area contributed by atoms with Gasteiger partial charge in [0.2, 0.25) is 5.96 Å². The third-order valence-corrected chi connectivity index (χ3v) is 4.47. The number of methoxy groups -OCH3 is 1. The molecule has 0 radical (unpaired) electrons. The van der Waals surface area contributed by atoms with E-state index in [0.717, 1.165) is 30.9 Å². The molecule has 0 bridgehead atoms. The Balaban J connectivity index is 1.95. The van der Waals surface area contributed by atoms with Gasteiger partial charge >= 0.3 is 0 Å². The summed E-state index contributed by atoms with van der Waals surface area (Å²) in [5, 5.41) is 0. The normalized spacial score (nSPS) is 29.8. The third-order valence-electron chi connectivity index (χ3n) is 4.47. The molecule has 3 unspecified atom stereocenters. The van der Waals surface area contributed by atoms with Crippen LogP contribution in [-0.4, -0.2) is 43.7 Å². The van der Waals surface area contributed by atoms with Gasteiger partial charge in [0, 0.05) is 20.2 Å². The molecule has 1 saturated carbocycles. The van der Waals surface area contributed by atoms with Gasteiger partial charge < -0.3 is 9.64 Å². The van der Waals surface area contributed by atoms with Gasteiger partial charge in [-0.3, -0.25) is 5.43 Å². The van der Waals surface area contributed by atoms with E-state index in [2.05, 4.69) is 15.3 Å². The number of nitrogens with two attached hydrogens (primary N) is 1. The van der Waals surface area contributed by atoms with Crippen molar-refractivity contribution in [2.24, 2.45) is 22.7 Å². The molecule has 2 rings (SSSR count). The molecule has 1 aliphatic heterocycles. The van der Waals surface area contributed by atoms with Gasteiger partial charge in [-0.1, -0.05) is 19.3 Å². The van der Waals surface area contributed by atoms with Crippen molar-refractivity contribution in [2.45, 2.75) is 45.1 Å². The van der Waals surface area contributed by atoms with E-state index in [9.17, 15) is 0 Å². The van der Waals surface area contributed by atoms with Gasteiger partial charge in [0.1, 0.15) is 0 Å². The summed E-state index contributed by atoms with van der Waals surface area (Å²) in [6.07, 6.45) is 6.87. The minimum absolute atomic E-state index is 0.139. The Morgan fingerprint density at radius 2 is 2.11 bits per heavy atom.